The van der Waals surface area contributed by atoms with Crippen LogP contribution in [-0.4, -0.2) is 40.3 Å². The quantitative estimate of drug-likeness (QED) is 0.746. The minimum absolute atomic E-state index is 0. The molecule has 2 aromatic rings. The summed E-state index contributed by atoms with van der Waals surface area (Å²) in [6.45, 7) is 2.94. The molecule has 2 atom stereocenters. The second-order valence-corrected chi connectivity index (χ2v) is 7.87. The predicted molar refractivity (Wildman–Crippen MR) is 110 cm³/mol. The molecule has 1 fully saturated rings. The molecule has 6 nitrogen and oxygen atoms in total. The lowest BCUT2D eigenvalue weighted by Gasteiger charge is -2.27. The molecular weight excluding hydrogens is 370 g/mol. The van der Waals surface area contributed by atoms with Crippen molar-refractivity contribution in [3.63, 3.8) is 0 Å². The smallest absolute Gasteiger partial charge is 0.259 e. The molecule has 4 rings (SSSR count). The Bertz CT molecular complexity index is 836. The first-order chi connectivity index (χ1) is 12.1. The number of nitrogens with zero attached hydrogens (tertiary/aromatic N) is 2. The lowest BCUT2D eigenvalue weighted by Crippen LogP contribution is -2.44. The van der Waals surface area contributed by atoms with Crippen LogP contribution in [0.5, 0.6) is 0 Å². The molecule has 0 unspecified atom stereocenters. The van der Waals surface area contributed by atoms with E-state index in [0.29, 0.717) is 0 Å². The van der Waals surface area contributed by atoms with Gasteiger partial charge in [-0.3, -0.25) is 4.79 Å². The molecule has 0 radical (unpaired) electrons. The van der Waals surface area contributed by atoms with Gasteiger partial charge in [-0.2, -0.15) is 0 Å². The fraction of sp³-hybridized carbons (Fsp3) is 0.444. The molecule has 4 N–H and O–H groups in total. The van der Waals surface area contributed by atoms with Crippen LogP contribution >= 0.6 is 24.2 Å². The number of pyridine rings is 1. The van der Waals surface area contributed by atoms with E-state index < -0.39 is 0 Å². The van der Waals surface area contributed by atoms with Crippen molar-refractivity contribution in [2.45, 2.75) is 38.3 Å². The minimum Gasteiger partial charge on any atom is -0.347 e. The second-order valence-electron chi connectivity index (χ2n) is 6.74. The molecule has 140 valence electrons. The fourth-order valence-electron chi connectivity index (χ4n) is 3.66. The number of H-pyrrole nitrogens is 1. The molecule has 1 saturated carbocycles. The Balaban J connectivity index is 0.00000196. The van der Waals surface area contributed by atoms with Crippen LogP contribution in [0.25, 0.3) is 11.0 Å². The lowest BCUT2D eigenvalue weighted by atomic mass is 10.2. The molecule has 1 aliphatic heterocycles. The largest absolute Gasteiger partial charge is 0.347 e. The number of fused-ring (bicyclic) bond motifs is 1. The van der Waals surface area contributed by atoms with Gasteiger partial charge in [0.15, 0.2) is 0 Å². The van der Waals surface area contributed by atoms with Gasteiger partial charge in [0, 0.05) is 48.4 Å². The highest BCUT2D eigenvalue weighted by Gasteiger charge is 2.27. The first-order valence-electron chi connectivity index (χ1n) is 8.74. The summed E-state index contributed by atoms with van der Waals surface area (Å²) in [5.74, 6) is 0.872. The molecule has 1 aliphatic carbocycles. The number of aromatic nitrogens is 2. The van der Waals surface area contributed by atoms with E-state index in [-0.39, 0.29) is 30.4 Å². The first-order valence-corrected chi connectivity index (χ1v) is 9.72. The molecular formula is C18H24ClN5OS. The van der Waals surface area contributed by atoms with Gasteiger partial charge in [0.2, 0.25) is 0 Å². The van der Waals surface area contributed by atoms with E-state index in [1.54, 1.807) is 18.0 Å². The summed E-state index contributed by atoms with van der Waals surface area (Å²) < 4.78 is 0. The number of carbonyl (C=O) groups excluding carboxylic acids is 1. The average Bonchev–Trinajstić information content (AvgIpc) is 3.21. The number of amides is 1. The molecule has 1 amide bonds. The number of rotatable bonds is 3. The molecule has 3 heterocycles. The van der Waals surface area contributed by atoms with Gasteiger partial charge in [0.1, 0.15) is 5.65 Å². The Morgan fingerprint density at radius 1 is 1.46 bits per heavy atom. The van der Waals surface area contributed by atoms with Crippen molar-refractivity contribution >= 4 is 46.8 Å². The van der Waals surface area contributed by atoms with Crippen molar-refractivity contribution in [2.75, 3.05) is 17.2 Å². The summed E-state index contributed by atoms with van der Waals surface area (Å²) >= 11 is 1.61. The maximum absolute atomic E-state index is 12.7. The number of carbonyl (C=O) groups is 1. The molecule has 0 bridgehead atoms. The van der Waals surface area contributed by atoms with Crippen LogP contribution in [0.4, 0.5) is 5.69 Å². The van der Waals surface area contributed by atoms with E-state index in [2.05, 4.69) is 27.1 Å². The Morgan fingerprint density at radius 3 is 3.08 bits per heavy atom. The summed E-state index contributed by atoms with van der Waals surface area (Å²) in [7, 11) is 0. The van der Waals surface area contributed by atoms with E-state index in [9.17, 15) is 4.79 Å². The molecule has 0 saturated heterocycles. The number of thioether (sulfide) groups is 1. The van der Waals surface area contributed by atoms with Crippen LogP contribution in [0, 0.1) is 6.92 Å². The van der Waals surface area contributed by atoms with E-state index in [4.69, 9.17) is 5.73 Å². The van der Waals surface area contributed by atoms with E-state index in [1.807, 2.05) is 18.5 Å². The SMILES string of the molecule is Cc1c[nH]c2nccc(N3C=C(C(=O)N[C@@H]4CCC[C@H]4N)SCC3)c12.Cl. The highest BCUT2D eigenvalue weighted by atomic mass is 35.5. The number of halogens is 1. The second kappa shape index (κ2) is 7.90. The summed E-state index contributed by atoms with van der Waals surface area (Å²) in [4.78, 5) is 23.2. The molecule has 0 aromatic carbocycles. The van der Waals surface area contributed by atoms with E-state index in [1.165, 1.54) is 0 Å². The number of hydrogen-bond donors (Lipinski definition) is 3. The zero-order chi connectivity index (χ0) is 17.4. The summed E-state index contributed by atoms with van der Waals surface area (Å²) in [5.41, 5.74) is 9.21. The summed E-state index contributed by atoms with van der Waals surface area (Å²) in [6.07, 6.45) is 8.80. The normalized spacial score (nSPS) is 22.8. The van der Waals surface area contributed by atoms with Crippen molar-refractivity contribution in [2.24, 2.45) is 5.73 Å². The van der Waals surface area contributed by atoms with Gasteiger partial charge in [-0.15, -0.1) is 24.2 Å². The molecule has 2 aliphatic rings. The van der Waals surface area contributed by atoms with Gasteiger partial charge in [0.25, 0.3) is 5.91 Å². The zero-order valence-corrected chi connectivity index (χ0v) is 16.3. The average molecular weight is 394 g/mol. The third-order valence-corrected chi connectivity index (χ3v) is 6.02. The Kier molecular flexibility index (Phi) is 5.79. The Hall–Kier alpha value is -1.70. The maximum Gasteiger partial charge on any atom is 0.259 e. The Labute approximate surface area is 163 Å². The van der Waals surface area contributed by atoms with Gasteiger partial charge in [-0.1, -0.05) is 0 Å². The van der Waals surface area contributed by atoms with Crippen LogP contribution in [0.1, 0.15) is 24.8 Å². The van der Waals surface area contributed by atoms with Gasteiger partial charge in [-0.05, 0) is 37.8 Å². The number of aryl methyl sites for hydroxylation is 1. The third kappa shape index (κ3) is 3.56. The van der Waals surface area contributed by atoms with Crippen molar-refractivity contribution in [3.8, 4) is 0 Å². The summed E-state index contributed by atoms with van der Waals surface area (Å²) in [5, 5.41) is 4.23. The highest BCUT2D eigenvalue weighted by Crippen LogP contribution is 2.32. The Morgan fingerprint density at radius 2 is 2.31 bits per heavy atom. The predicted octanol–water partition coefficient (Wildman–Crippen LogP) is 2.68. The highest BCUT2D eigenvalue weighted by molar-refractivity contribution is 8.04. The van der Waals surface area contributed by atoms with Crippen molar-refractivity contribution < 1.29 is 4.79 Å². The standard InChI is InChI=1S/C18H23N5OS.ClH/c1-11-9-21-17-16(11)14(5-6-20-17)23-7-8-25-15(10-23)18(24)22-13-4-2-3-12(13)19;/h5-6,9-10,12-13H,2-4,7-8,19H2,1H3,(H,20,21)(H,22,24);1H/t12-,13-;/m1./s1. The van der Waals surface area contributed by atoms with Crippen LogP contribution in [-0.2, 0) is 4.79 Å². The monoisotopic (exact) mass is 393 g/mol. The number of hydrogen-bond acceptors (Lipinski definition) is 5. The van der Waals surface area contributed by atoms with Crippen molar-refractivity contribution in [1.82, 2.24) is 15.3 Å². The minimum atomic E-state index is -0.00635. The zero-order valence-electron chi connectivity index (χ0n) is 14.7. The summed E-state index contributed by atoms with van der Waals surface area (Å²) in [6, 6.07) is 2.19. The number of nitrogens with two attached hydrogens (primary N) is 1. The van der Waals surface area contributed by atoms with Crippen LogP contribution in [0.3, 0.4) is 0 Å². The van der Waals surface area contributed by atoms with Gasteiger partial charge in [0.05, 0.1) is 10.6 Å². The number of anilines is 1. The molecule has 0 spiro atoms. The van der Waals surface area contributed by atoms with Gasteiger partial charge in [-0.25, -0.2) is 4.98 Å². The fourth-order valence-corrected chi connectivity index (χ4v) is 4.56. The van der Waals surface area contributed by atoms with Crippen LogP contribution in [0.2, 0.25) is 0 Å². The van der Waals surface area contributed by atoms with E-state index >= 15 is 0 Å². The number of nitrogens with one attached hydrogen (secondary N) is 2. The lowest BCUT2D eigenvalue weighted by molar-refractivity contribution is -0.117. The maximum atomic E-state index is 12.7. The van der Waals surface area contributed by atoms with Gasteiger partial charge < -0.3 is 20.9 Å². The van der Waals surface area contributed by atoms with Crippen molar-refractivity contribution in [1.29, 1.82) is 0 Å². The van der Waals surface area contributed by atoms with Crippen LogP contribution < -0.4 is 16.0 Å². The topological polar surface area (TPSA) is 87.0 Å². The number of aromatic amines is 1. The molecule has 8 heteroatoms. The first kappa shape index (κ1) is 19.1. The third-order valence-electron chi connectivity index (χ3n) is 5.03. The van der Waals surface area contributed by atoms with Gasteiger partial charge >= 0.3 is 0 Å². The van der Waals surface area contributed by atoms with E-state index in [0.717, 1.165) is 58.7 Å². The molecule has 26 heavy (non-hydrogen) atoms. The van der Waals surface area contributed by atoms with Crippen molar-refractivity contribution in [3.05, 3.63) is 35.1 Å². The van der Waals surface area contributed by atoms with Crippen LogP contribution in [0.15, 0.2) is 29.6 Å². The molecule has 2 aromatic heterocycles.